The Morgan fingerprint density at radius 1 is 1.55 bits per heavy atom. The number of nitrogens with zero attached hydrogens (tertiary/aromatic N) is 1. The fraction of sp³-hybridized carbons (Fsp3) is 0.889. The molecule has 1 saturated heterocycles. The Morgan fingerprint density at radius 2 is 2.09 bits per heavy atom. The number of hydrogen-bond donors (Lipinski definition) is 1. The third kappa shape index (κ3) is 3.38. The SMILES string of the molecule is CC.CC(CC#N)C1CNC1. The summed E-state index contributed by atoms with van der Waals surface area (Å²) in [6.45, 7) is 8.38. The standard InChI is InChI=1S/C7H12N2.C2H6/c1-6(2-3-8)7-4-9-5-7;1-2/h6-7,9H,2,4-5H2,1H3;1-2H3. The van der Waals surface area contributed by atoms with Crippen LogP contribution in [0.25, 0.3) is 0 Å². The van der Waals surface area contributed by atoms with Crippen molar-refractivity contribution in [1.29, 1.82) is 5.26 Å². The van der Waals surface area contributed by atoms with Gasteiger partial charge in [0.15, 0.2) is 0 Å². The summed E-state index contributed by atoms with van der Waals surface area (Å²) >= 11 is 0. The minimum atomic E-state index is 0.594. The van der Waals surface area contributed by atoms with E-state index in [1.165, 1.54) is 0 Å². The van der Waals surface area contributed by atoms with Crippen molar-refractivity contribution in [2.75, 3.05) is 13.1 Å². The van der Waals surface area contributed by atoms with Gasteiger partial charge in [0.2, 0.25) is 0 Å². The van der Waals surface area contributed by atoms with Gasteiger partial charge in [0, 0.05) is 6.42 Å². The monoisotopic (exact) mass is 154 g/mol. The molecule has 2 heteroatoms. The molecule has 0 spiro atoms. The van der Waals surface area contributed by atoms with Crippen LogP contribution in [0.15, 0.2) is 0 Å². The van der Waals surface area contributed by atoms with E-state index in [9.17, 15) is 0 Å². The Kier molecular flexibility index (Phi) is 5.87. The zero-order valence-electron chi connectivity index (χ0n) is 7.72. The van der Waals surface area contributed by atoms with Gasteiger partial charge in [0.05, 0.1) is 6.07 Å². The first-order valence-electron chi connectivity index (χ1n) is 4.42. The summed E-state index contributed by atoms with van der Waals surface area (Å²) in [5.74, 6) is 1.36. The lowest BCUT2D eigenvalue weighted by Crippen LogP contribution is -2.45. The molecule has 0 saturated carbocycles. The van der Waals surface area contributed by atoms with Gasteiger partial charge in [-0.1, -0.05) is 20.8 Å². The van der Waals surface area contributed by atoms with Crippen LogP contribution >= 0.6 is 0 Å². The molecule has 1 N–H and O–H groups in total. The second-order valence-corrected chi connectivity index (χ2v) is 2.76. The molecule has 1 aliphatic heterocycles. The third-order valence-electron chi connectivity index (χ3n) is 2.03. The molecule has 0 radical (unpaired) electrons. The molecule has 2 nitrogen and oxygen atoms in total. The van der Waals surface area contributed by atoms with E-state index >= 15 is 0 Å². The highest BCUT2D eigenvalue weighted by atomic mass is 14.9. The van der Waals surface area contributed by atoms with E-state index in [0.29, 0.717) is 12.3 Å². The zero-order chi connectivity index (χ0) is 8.69. The molecular weight excluding hydrogens is 136 g/mol. The van der Waals surface area contributed by atoms with Crippen LogP contribution in [0.5, 0.6) is 0 Å². The molecule has 0 aromatic rings. The van der Waals surface area contributed by atoms with Crippen molar-refractivity contribution in [2.24, 2.45) is 11.8 Å². The Balaban J connectivity index is 0.000000461. The van der Waals surface area contributed by atoms with Crippen molar-refractivity contribution in [3.8, 4) is 6.07 Å². The Bertz CT molecular complexity index is 122. The molecule has 0 aromatic heterocycles. The molecule has 0 aromatic carbocycles. The fourth-order valence-electron chi connectivity index (χ4n) is 1.02. The number of nitriles is 1. The second-order valence-electron chi connectivity index (χ2n) is 2.76. The predicted molar refractivity (Wildman–Crippen MR) is 47.1 cm³/mol. The molecule has 1 rings (SSSR count). The van der Waals surface area contributed by atoms with Crippen molar-refractivity contribution in [3.05, 3.63) is 0 Å². The van der Waals surface area contributed by atoms with Crippen LogP contribution in [0, 0.1) is 23.2 Å². The van der Waals surface area contributed by atoms with Crippen LogP contribution in [-0.4, -0.2) is 13.1 Å². The molecule has 1 aliphatic rings. The zero-order valence-corrected chi connectivity index (χ0v) is 7.72. The van der Waals surface area contributed by atoms with Gasteiger partial charge in [-0.3, -0.25) is 0 Å². The van der Waals surface area contributed by atoms with Gasteiger partial charge >= 0.3 is 0 Å². The van der Waals surface area contributed by atoms with Crippen molar-refractivity contribution >= 4 is 0 Å². The van der Waals surface area contributed by atoms with Gasteiger partial charge < -0.3 is 5.32 Å². The molecule has 64 valence electrons. The van der Waals surface area contributed by atoms with Crippen LogP contribution in [-0.2, 0) is 0 Å². The normalized spacial score (nSPS) is 18.7. The number of nitrogens with one attached hydrogen (secondary N) is 1. The first-order valence-corrected chi connectivity index (χ1v) is 4.42. The van der Waals surface area contributed by atoms with Gasteiger partial charge in [-0.05, 0) is 24.9 Å². The summed E-state index contributed by atoms with van der Waals surface area (Å²) in [5.41, 5.74) is 0. The molecular formula is C9H18N2. The first kappa shape index (κ1) is 10.4. The van der Waals surface area contributed by atoms with Gasteiger partial charge in [0.1, 0.15) is 0 Å². The van der Waals surface area contributed by atoms with Crippen molar-refractivity contribution < 1.29 is 0 Å². The van der Waals surface area contributed by atoms with Gasteiger partial charge in [-0.2, -0.15) is 5.26 Å². The highest BCUT2D eigenvalue weighted by molar-refractivity contribution is 4.84. The highest BCUT2D eigenvalue weighted by Gasteiger charge is 2.22. The minimum absolute atomic E-state index is 0.594. The molecule has 1 heterocycles. The Labute approximate surface area is 69.6 Å². The quantitative estimate of drug-likeness (QED) is 0.658. The minimum Gasteiger partial charge on any atom is -0.316 e. The van der Waals surface area contributed by atoms with Crippen molar-refractivity contribution in [2.45, 2.75) is 27.2 Å². The van der Waals surface area contributed by atoms with Crippen LogP contribution in [0.4, 0.5) is 0 Å². The average molecular weight is 154 g/mol. The summed E-state index contributed by atoms with van der Waals surface area (Å²) < 4.78 is 0. The van der Waals surface area contributed by atoms with Crippen LogP contribution in [0.1, 0.15) is 27.2 Å². The molecule has 11 heavy (non-hydrogen) atoms. The maximum absolute atomic E-state index is 8.33. The van der Waals surface area contributed by atoms with Gasteiger partial charge in [-0.25, -0.2) is 0 Å². The molecule has 0 bridgehead atoms. The predicted octanol–water partition coefficient (Wildman–Crippen LogP) is 1.78. The highest BCUT2D eigenvalue weighted by Crippen LogP contribution is 2.17. The molecule has 1 fully saturated rings. The second kappa shape index (κ2) is 6.18. The Hall–Kier alpha value is -0.550. The maximum Gasteiger partial charge on any atom is 0.0624 e. The third-order valence-corrected chi connectivity index (χ3v) is 2.03. The summed E-state index contributed by atoms with van der Waals surface area (Å²) in [6.07, 6.45) is 0.715. The summed E-state index contributed by atoms with van der Waals surface area (Å²) in [5, 5.41) is 11.5. The van der Waals surface area contributed by atoms with E-state index in [4.69, 9.17) is 5.26 Å². The average Bonchev–Trinajstić information content (AvgIpc) is 1.89. The summed E-state index contributed by atoms with van der Waals surface area (Å²) in [7, 11) is 0. The smallest absolute Gasteiger partial charge is 0.0624 e. The van der Waals surface area contributed by atoms with E-state index in [1.54, 1.807) is 0 Å². The van der Waals surface area contributed by atoms with Crippen LogP contribution < -0.4 is 5.32 Å². The number of hydrogen-bond acceptors (Lipinski definition) is 2. The van der Waals surface area contributed by atoms with E-state index in [1.807, 2.05) is 13.8 Å². The lowest BCUT2D eigenvalue weighted by Gasteiger charge is -2.31. The Morgan fingerprint density at radius 3 is 2.36 bits per heavy atom. The summed E-state index contributed by atoms with van der Waals surface area (Å²) in [6, 6.07) is 2.19. The molecule has 1 unspecified atom stereocenters. The van der Waals surface area contributed by atoms with Crippen molar-refractivity contribution in [1.82, 2.24) is 5.32 Å². The van der Waals surface area contributed by atoms with Crippen LogP contribution in [0.3, 0.4) is 0 Å². The van der Waals surface area contributed by atoms with Gasteiger partial charge in [0.25, 0.3) is 0 Å². The van der Waals surface area contributed by atoms with E-state index in [0.717, 1.165) is 19.0 Å². The molecule has 1 atom stereocenters. The fourth-order valence-corrected chi connectivity index (χ4v) is 1.02. The molecule has 0 amide bonds. The van der Waals surface area contributed by atoms with E-state index < -0.39 is 0 Å². The van der Waals surface area contributed by atoms with E-state index in [-0.39, 0.29) is 0 Å². The van der Waals surface area contributed by atoms with E-state index in [2.05, 4.69) is 18.3 Å². The van der Waals surface area contributed by atoms with Crippen LogP contribution in [0.2, 0.25) is 0 Å². The largest absolute Gasteiger partial charge is 0.316 e. The topological polar surface area (TPSA) is 35.8 Å². The lowest BCUT2D eigenvalue weighted by molar-refractivity contribution is 0.252. The number of rotatable bonds is 2. The van der Waals surface area contributed by atoms with Crippen molar-refractivity contribution in [3.63, 3.8) is 0 Å². The molecule has 0 aliphatic carbocycles. The lowest BCUT2D eigenvalue weighted by atomic mass is 9.87. The summed E-state index contributed by atoms with van der Waals surface area (Å²) in [4.78, 5) is 0. The van der Waals surface area contributed by atoms with Gasteiger partial charge in [-0.15, -0.1) is 0 Å². The first-order chi connectivity index (χ1) is 5.34. The maximum atomic E-state index is 8.33.